The molecule has 1 aromatic rings. The summed E-state index contributed by atoms with van der Waals surface area (Å²) in [5.74, 6) is -0.993. The largest absolute Gasteiger partial charge is 0.867 e. The minimum atomic E-state index is -0.739. The molecule has 0 radical (unpaired) electrons. The van der Waals surface area contributed by atoms with E-state index >= 15 is 0 Å². The maximum Gasteiger partial charge on any atom is 0.266 e. The predicted octanol–water partition coefficient (Wildman–Crippen LogP) is 1.89. The number of para-hydroxylation sites is 1. The first-order valence-corrected chi connectivity index (χ1v) is 6.88. The number of amides is 1. The molecule has 1 fully saturated rings. The zero-order valence-electron chi connectivity index (χ0n) is 10.4. The number of carbonyl (C=O) groups excluding carboxylic acids is 1. The molecule has 0 aliphatic carbocycles. The van der Waals surface area contributed by atoms with Crippen LogP contribution in [0.3, 0.4) is 0 Å². The molecule has 1 amide bonds. The van der Waals surface area contributed by atoms with Crippen molar-refractivity contribution in [2.45, 2.75) is 6.92 Å². The fraction of sp³-hybridized carbons (Fsp3) is 0.167. The van der Waals surface area contributed by atoms with Crippen LogP contribution in [0.25, 0.3) is 6.08 Å². The van der Waals surface area contributed by atoms with E-state index in [0.29, 0.717) is 15.8 Å². The summed E-state index contributed by atoms with van der Waals surface area (Å²) in [6.45, 7) is 2.24. The fourth-order valence-corrected chi connectivity index (χ4v) is 3.09. The monoisotopic (exact) mass is 309 g/mol. The van der Waals surface area contributed by atoms with E-state index in [1.807, 2.05) is 0 Å². The second-order valence-electron chi connectivity index (χ2n) is 3.88. The Hall–Kier alpha value is -1.93. The van der Waals surface area contributed by atoms with E-state index < -0.39 is 16.4 Å². The lowest BCUT2D eigenvalue weighted by Gasteiger charge is -2.11. The van der Waals surface area contributed by atoms with Crippen LogP contribution in [0.2, 0.25) is 0 Å². The number of thiocarbonyl (C=S) groups is 1. The third-order valence-corrected chi connectivity index (χ3v) is 4.08. The molecule has 0 N–H and O–H groups in total. The summed E-state index contributed by atoms with van der Waals surface area (Å²) in [4.78, 5) is 23.7. The van der Waals surface area contributed by atoms with Crippen molar-refractivity contribution in [3.63, 3.8) is 0 Å². The van der Waals surface area contributed by atoms with Crippen molar-refractivity contribution in [1.29, 1.82) is 0 Å². The number of thioether (sulfide) groups is 1. The van der Waals surface area contributed by atoms with Gasteiger partial charge in [0.1, 0.15) is 4.32 Å². The maximum atomic E-state index is 12.0. The molecule has 6 nitrogen and oxygen atoms in total. The molecule has 20 heavy (non-hydrogen) atoms. The molecule has 104 valence electrons. The fourth-order valence-electron chi connectivity index (χ4n) is 1.71. The van der Waals surface area contributed by atoms with Crippen LogP contribution >= 0.6 is 24.0 Å². The number of nitro groups is 1. The summed E-state index contributed by atoms with van der Waals surface area (Å²) in [6, 6.07) is 3.98. The Bertz CT molecular complexity index is 642. The van der Waals surface area contributed by atoms with E-state index in [2.05, 4.69) is 0 Å². The molecule has 1 heterocycles. The molecular formula is C12H9N2O4S2-. The van der Waals surface area contributed by atoms with E-state index in [0.717, 1.165) is 17.8 Å². The zero-order valence-corrected chi connectivity index (χ0v) is 12.0. The first-order chi connectivity index (χ1) is 9.45. The van der Waals surface area contributed by atoms with Gasteiger partial charge in [0.15, 0.2) is 0 Å². The third-order valence-electron chi connectivity index (χ3n) is 2.70. The number of benzene rings is 1. The summed E-state index contributed by atoms with van der Waals surface area (Å²) >= 11 is 6.14. The molecule has 8 heteroatoms. The van der Waals surface area contributed by atoms with Crippen molar-refractivity contribution in [2.75, 3.05) is 6.54 Å². The Morgan fingerprint density at radius 3 is 2.75 bits per heavy atom. The number of hydrogen-bond acceptors (Lipinski definition) is 6. The Morgan fingerprint density at radius 1 is 1.50 bits per heavy atom. The van der Waals surface area contributed by atoms with Crippen LogP contribution in [-0.2, 0) is 4.79 Å². The summed E-state index contributed by atoms with van der Waals surface area (Å²) in [7, 11) is 0. The van der Waals surface area contributed by atoms with Gasteiger partial charge in [-0.1, -0.05) is 36.1 Å². The second kappa shape index (κ2) is 5.59. The van der Waals surface area contributed by atoms with E-state index in [9.17, 15) is 20.0 Å². The molecule has 2 rings (SSSR count). The van der Waals surface area contributed by atoms with Crippen LogP contribution in [0.5, 0.6) is 5.75 Å². The Morgan fingerprint density at radius 2 is 2.20 bits per heavy atom. The molecule has 0 saturated carbocycles. The standard InChI is InChI=1S/C12H10N2O4S2/c1-2-13-11(16)9(20-12(13)19)6-7-4-3-5-8(10(7)15)14(17)18/h3-6,15H,2H2,1H3/p-1. The molecule has 1 aliphatic heterocycles. The van der Waals surface area contributed by atoms with Crippen molar-refractivity contribution in [1.82, 2.24) is 4.90 Å². The number of likely N-dealkylation sites (N-methyl/N-ethyl adjacent to an activating group) is 1. The van der Waals surface area contributed by atoms with Crippen molar-refractivity contribution in [3.8, 4) is 5.75 Å². The summed E-state index contributed by atoms with van der Waals surface area (Å²) in [6.07, 6.45) is 1.35. The first-order valence-electron chi connectivity index (χ1n) is 5.65. The van der Waals surface area contributed by atoms with Crippen molar-refractivity contribution >= 4 is 46.0 Å². The topological polar surface area (TPSA) is 86.5 Å². The van der Waals surface area contributed by atoms with E-state index in [1.54, 1.807) is 6.92 Å². The minimum Gasteiger partial charge on any atom is -0.867 e. The highest BCUT2D eigenvalue weighted by Crippen LogP contribution is 2.35. The van der Waals surface area contributed by atoms with Crippen molar-refractivity contribution in [2.24, 2.45) is 0 Å². The molecule has 1 saturated heterocycles. The number of nitrogens with zero attached hydrogens (tertiary/aromatic N) is 2. The Labute approximate surface area is 124 Å². The van der Waals surface area contributed by atoms with Crippen LogP contribution in [0, 0.1) is 10.1 Å². The lowest BCUT2D eigenvalue weighted by Crippen LogP contribution is -2.27. The van der Waals surface area contributed by atoms with Gasteiger partial charge < -0.3 is 5.11 Å². The maximum absolute atomic E-state index is 12.0. The minimum absolute atomic E-state index is 0.107. The summed E-state index contributed by atoms with van der Waals surface area (Å²) in [5, 5.41) is 22.6. The smallest absolute Gasteiger partial charge is 0.266 e. The normalized spacial score (nSPS) is 17.1. The van der Waals surface area contributed by atoms with E-state index in [-0.39, 0.29) is 11.5 Å². The summed E-state index contributed by atoms with van der Waals surface area (Å²) < 4.78 is 0.418. The lowest BCUT2D eigenvalue weighted by atomic mass is 10.1. The van der Waals surface area contributed by atoms with Gasteiger partial charge in [0, 0.05) is 12.6 Å². The highest BCUT2D eigenvalue weighted by atomic mass is 32.2. The highest BCUT2D eigenvalue weighted by molar-refractivity contribution is 8.26. The van der Waals surface area contributed by atoms with Gasteiger partial charge in [-0.2, -0.15) is 0 Å². The SMILES string of the molecule is CCN1C(=O)C(=Cc2cccc([N+](=O)[O-])c2[O-])SC1=S. The first kappa shape index (κ1) is 14.5. The zero-order chi connectivity index (χ0) is 14.9. The number of hydrogen-bond donors (Lipinski definition) is 0. The van der Waals surface area contributed by atoms with Crippen molar-refractivity contribution in [3.05, 3.63) is 38.8 Å². The summed E-state index contributed by atoms with van der Waals surface area (Å²) in [5.41, 5.74) is -0.402. The second-order valence-corrected chi connectivity index (χ2v) is 5.55. The molecule has 0 unspecified atom stereocenters. The van der Waals surface area contributed by atoms with Gasteiger partial charge in [0.05, 0.1) is 9.83 Å². The Balaban J connectivity index is 2.42. The van der Waals surface area contributed by atoms with Crippen LogP contribution in [-0.4, -0.2) is 26.6 Å². The van der Waals surface area contributed by atoms with E-state index in [1.165, 1.54) is 23.1 Å². The van der Waals surface area contributed by atoms with Gasteiger partial charge in [0.25, 0.3) is 11.6 Å². The lowest BCUT2D eigenvalue weighted by molar-refractivity contribution is -0.398. The van der Waals surface area contributed by atoms with Crippen LogP contribution in [0.4, 0.5) is 5.69 Å². The van der Waals surface area contributed by atoms with Gasteiger partial charge in [-0.05, 0) is 24.3 Å². The predicted molar refractivity (Wildman–Crippen MR) is 78.1 cm³/mol. The van der Waals surface area contributed by atoms with Crippen LogP contribution in [0.15, 0.2) is 23.1 Å². The Kier molecular flexibility index (Phi) is 4.05. The highest BCUT2D eigenvalue weighted by Gasteiger charge is 2.30. The average molecular weight is 309 g/mol. The van der Waals surface area contributed by atoms with Gasteiger partial charge in [-0.3, -0.25) is 19.8 Å². The molecule has 0 aromatic heterocycles. The van der Waals surface area contributed by atoms with Gasteiger partial charge >= 0.3 is 0 Å². The van der Waals surface area contributed by atoms with Gasteiger partial charge in [-0.25, -0.2) is 0 Å². The third kappa shape index (κ3) is 2.52. The molecular weight excluding hydrogens is 300 g/mol. The van der Waals surface area contributed by atoms with Gasteiger partial charge in [0.2, 0.25) is 0 Å². The molecule has 0 atom stereocenters. The number of nitro benzene ring substituents is 1. The van der Waals surface area contributed by atoms with E-state index in [4.69, 9.17) is 12.2 Å². The quantitative estimate of drug-likeness (QED) is 0.367. The van der Waals surface area contributed by atoms with Crippen LogP contribution < -0.4 is 5.11 Å². The molecule has 0 bridgehead atoms. The average Bonchev–Trinajstić information content (AvgIpc) is 2.66. The molecule has 0 spiro atoms. The van der Waals surface area contributed by atoms with Crippen LogP contribution in [0.1, 0.15) is 12.5 Å². The van der Waals surface area contributed by atoms with Gasteiger partial charge in [-0.15, -0.1) is 0 Å². The molecule has 1 aromatic carbocycles. The van der Waals surface area contributed by atoms with Crippen molar-refractivity contribution < 1.29 is 14.8 Å². The molecule has 1 aliphatic rings. The number of carbonyl (C=O) groups is 1. The number of rotatable bonds is 3.